The Labute approximate surface area is 109 Å². The molecule has 3 rings (SSSR count). The van der Waals surface area contributed by atoms with E-state index in [1.807, 2.05) is 41.8 Å². The third kappa shape index (κ3) is 1.78. The molecule has 3 aromatic rings. The normalized spacial score (nSPS) is 12.7. The zero-order valence-corrected chi connectivity index (χ0v) is 10.5. The standard InChI is InChI=1S/C15H13NOS/c16-15(10-7-8-18-9-10)13-5-6-14(17)12-4-2-1-3-11(12)13/h1-9,15,17H,16H2/t15-/m1/s1. The monoisotopic (exact) mass is 255 g/mol. The quantitative estimate of drug-likeness (QED) is 0.734. The van der Waals surface area contributed by atoms with Crippen molar-refractivity contribution < 1.29 is 5.11 Å². The van der Waals surface area contributed by atoms with Gasteiger partial charge in [0.05, 0.1) is 6.04 Å². The summed E-state index contributed by atoms with van der Waals surface area (Å²) in [7, 11) is 0. The maximum absolute atomic E-state index is 9.87. The number of fused-ring (bicyclic) bond motifs is 1. The molecule has 2 aromatic carbocycles. The van der Waals surface area contributed by atoms with Gasteiger partial charge in [-0.1, -0.05) is 30.3 Å². The SMILES string of the molecule is N[C@H](c1ccsc1)c1ccc(O)c2ccccc12. The fourth-order valence-electron chi connectivity index (χ4n) is 2.21. The second-order valence-electron chi connectivity index (χ2n) is 4.25. The number of nitrogens with two attached hydrogens (primary N) is 1. The fourth-order valence-corrected chi connectivity index (χ4v) is 2.91. The van der Waals surface area contributed by atoms with Gasteiger partial charge in [-0.3, -0.25) is 0 Å². The molecule has 0 aliphatic rings. The van der Waals surface area contributed by atoms with Gasteiger partial charge in [0, 0.05) is 5.39 Å². The Kier molecular flexibility index (Phi) is 2.78. The van der Waals surface area contributed by atoms with Crippen molar-refractivity contribution in [1.82, 2.24) is 0 Å². The number of hydrogen-bond acceptors (Lipinski definition) is 3. The lowest BCUT2D eigenvalue weighted by molar-refractivity contribution is 0.481. The summed E-state index contributed by atoms with van der Waals surface area (Å²) in [5.74, 6) is 0.298. The van der Waals surface area contributed by atoms with Crippen LogP contribution in [-0.4, -0.2) is 5.11 Å². The zero-order valence-electron chi connectivity index (χ0n) is 9.71. The minimum absolute atomic E-state index is 0.151. The molecule has 0 saturated carbocycles. The minimum Gasteiger partial charge on any atom is -0.507 e. The van der Waals surface area contributed by atoms with Crippen molar-refractivity contribution in [2.45, 2.75) is 6.04 Å². The van der Waals surface area contributed by atoms with E-state index in [1.165, 1.54) is 0 Å². The first-order valence-corrected chi connectivity index (χ1v) is 6.70. The van der Waals surface area contributed by atoms with Crippen LogP contribution in [0.3, 0.4) is 0 Å². The Morgan fingerprint density at radius 1 is 1.00 bits per heavy atom. The Balaban J connectivity index is 2.21. The number of rotatable bonds is 2. The van der Waals surface area contributed by atoms with E-state index in [9.17, 15) is 5.11 Å². The zero-order chi connectivity index (χ0) is 12.5. The number of hydrogen-bond donors (Lipinski definition) is 2. The largest absolute Gasteiger partial charge is 0.507 e. The van der Waals surface area contributed by atoms with Gasteiger partial charge in [0.2, 0.25) is 0 Å². The third-order valence-corrected chi connectivity index (χ3v) is 3.87. The first-order chi connectivity index (χ1) is 8.77. The Morgan fingerprint density at radius 2 is 1.78 bits per heavy atom. The molecule has 0 saturated heterocycles. The summed E-state index contributed by atoms with van der Waals surface area (Å²) in [6.45, 7) is 0. The molecule has 0 unspecified atom stereocenters. The molecule has 18 heavy (non-hydrogen) atoms. The topological polar surface area (TPSA) is 46.2 Å². The van der Waals surface area contributed by atoms with E-state index >= 15 is 0 Å². The van der Waals surface area contributed by atoms with Crippen LogP contribution in [0, 0.1) is 0 Å². The average Bonchev–Trinajstić information content (AvgIpc) is 2.93. The van der Waals surface area contributed by atoms with Gasteiger partial charge < -0.3 is 10.8 Å². The molecule has 0 fully saturated rings. The molecule has 0 amide bonds. The average molecular weight is 255 g/mol. The first kappa shape index (κ1) is 11.3. The summed E-state index contributed by atoms with van der Waals surface area (Å²) in [5.41, 5.74) is 8.45. The summed E-state index contributed by atoms with van der Waals surface area (Å²) >= 11 is 1.64. The molecule has 1 atom stereocenters. The van der Waals surface area contributed by atoms with Crippen molar-refractivity contribution in [3.8, 4) is 5.75 Å². The van der Waals surface area contributed by atoms with E-state index in [1.54, 1.807) is 17.4 Å². The highest BCUT2D eigenvalue weighted by atomic mass is 32.1. The highest BCUT2D eigenvalue weighted by molar-refractivity contribution is 7.08. The van der Waals surface area contributed by atoms with Crippen molar-refractivity contribution in [2.24, 2.45) is 5.73 Å². The Bertz CT molecular complexity index is 676. The van der Waals surface area contributed by atoms with E-state index < -0.39 is 0 Å². The van der Waals surface area contributed by atoms with Gasteiger partial charge in [-0.25, -0.2) is 0 Å². The molecule has 0 aliphatic heterocycles. The lowest BCUT2D eigenvalue weighted by atomic mass is 9.95. The molecule has 0 spiro atoms. The molecule has 1 aromatic heterocycles. The van der Waals surface area contributed by atoms with Crippen LogP contribution < -0.4 is 5.73 Å². The van der Waals surface area contributed by atoms with Gasteiger partial charge in [0.15, 0.2) is 0 Å². The number of benzene rings is 2. The molecular formula is C15H13NOS. The summed E-state index contributed by atoms with van der Waals surface area (Å²) in [5, 5.41) is 15.8. The Morgan fingerprint density at radius 3 is 2.50 bits per heavy atom. The maximum Gasteiger partial charge on any atom is 0.123 e. The van der Waals surface area contributed by atoms with E-state index in [0.29, 0.717) is 5.75 Å². The molecule has 0 bridgehead atoms. The van der Waals surface area contributed by atoms with Crippen LogP contribution in [0.4, 0.5) is 0 Å². The van der Waals surface area contributed by atoms with Crippen molar-refractivity contribution in [3.05, 3.63) is 64.4 Å². The van der Waals surface area contributed by atoms with Crippen LogP contribution in [0.15, 0.2) is 53.2 Å². The predicted molar refractivity (Wildman–Crippen MR) is 76.0 cm³/mol. The van der Waals surface area contributed by atoms with E-state index in [2.05, 4.69) is 5.38 Å². The lowest BCUT2D eigenvalue weighted by Gasteiger charge is -2.14. The van der Waals surface area contributed by atoms with Crippen LogP contribution in [0.2, 0.25) is 0 Å². The lowest BCUT2D eigenvalue weighted by Crippen LogP contribution is -2.11. The van der Waals surface area contributed by atoms with Gasteiger partial charge in [-0.05, 0) is 39.4 Å². The number of aromatic hydroxyl groups is 1. The maximum atomic E-state index is 9.87. The smallest absolute Gasteiger partial charge is 0.123 e. The molecule has 1 heterocycles. The molecule has 90 valence electrons. The molecule has 3 N–H and O–H groups in total. The van der Waals surface area contributed by atoms with Gasteiger partial charge in [0.25, 0.3) is 0 Å². The fraction of sp³-hybridized carbons (Fsp3) is 0.0667. The Hall–Kier alpha value is -1.84. The number of phenols is 1. The molecule has 0 radical (unpaired) electrons. The predicted octanol–water partition coefficient (Wildman–Crippen LogP) is 3.66. The van der Waals surface area contributed by atoms with Crippen molar-refractivity contribution in [2.75, 3.05) is 0 Å². The third-order valence-electron chi connectivity index (χ3n) is 3.17. The van der Waals surface area contributed by atoms with Crippen LogP contribution in [0.5, 0.6) is 5.75 Å². The van der Waals surface area contributed by atoms with Crippen molar-refractivity contribution >= 4 is 22.1 Å². The molecular weight excluding hydrogens is 242 g/mol. The van der Waals surface area contributed by atoms with Crippen LogP contribution in [0.25, 0.3) is 10.8 Å². The second-order valence-corrected chi connectivity index (χ2v) is 5.03. The van der Waals surface area contributed by atoms with E-state index in [0.717, 1.165) is 21.9 Å². The second kappa shape index (κ2) is 4.44. The number of thiophene rings is 1. The van der Waals surface area contributed by atoms with Crippen LogP contribution in [0.1, 0.15) is 17.2 Å². The van der Waals surface area contributed by atoms with Gasteiger partial charge in [-0.2, -0.15) is 11.3 Å². The summed E-state index contributed by atoms with van der Waals surface area (Å²) < 4.78 is 0. The van der Waals surface area contributed by atoms with E-state index in [-0.39, 0.29) is 6.04 Å². The van der Waals surface area contributed by atoms with Gasteiger partial charge in [-0.15, -0.1) is 0 Å². The van der Waals surface area contributed by atoms with E-state index in [4.69, 9.17) is 5.73 Å². The van der Waals surface area contributed by atoms with Crippen molar-refractivity contribution in [1.29, 1.82) is 0 Å². The minimum atomic E-state index is -0.151. The van der Waals surface area contributed by atoms with Gasteiger partial charge in [0.1, 0.15) is 5.75 Å². The highest BCUT2D eigenvalue weighted by Crippen LogP contribution is 2.32. The van der Waals surface area contributed by atoms with Crippen LogP contribution >= 0.6 is 11.3 Å². The first-order valence-electron chi connectivity index (χ1n) is 5.75. The summed E-state index contributed by atoms with van der Waals surface area (Å²) in [6, 6.07) is 13.3. The number of phenolic OH excluding ortho intramolecular Hbond substituents is 1. The van der Waals surface area contributed by atoms with Gasteiger partial charge >= 0.3 is 0 Å². The highest BCUT2D eigenvalue weighted by Gasteiger charge is 2.13. The molecule has 0 aliphatic carbocycles. The molecule has 3 heteroatoms. The summed E-state index contributed by atoms with van der Waals surface area (Å²) in [4.78, 5) is 0. The van der Waals surface area contributed by atoms with Crippen LogP contribution in [-0.2, 0) is 0 Å². The molecule has 2 nitrogen and oxygen atoms in total. The summed E-state index contributed by atoms with van der Waals surface area (Å²) in [6.07, 6.45) is 0. The van der Waals surface area contributed by atoms with Crippen molar-refractivity contribution in [3.63, 3.8) is 0 Å².